The van der Waals surface area contributed by atoms with Crippen LogP contribution in [0.5, 0.6) is 5.75 Å². The molecule has 0 radical (unpaired) electrons. The van der Waals surface area contributed by atoms with Crippen LogP contribution in [0.15, 0.2) is 53.7 Å². The van der Waals surface area contributed by atoms with Crippen LogP contribution >= 0.6 is 24.0 Å². The Hall–Kier alpha value is -2.57. The Labute approximate surface area is 196 Å². The molecule has 11 heteroatoms. The molecule has 0 unspecified atom stereocenters. The largest absolute Gasteiger partial charge is 0.573 e. The highest BCUT2D eigenvalue weighted by molar-refractivity contribution is 14.0. The number of guanidine groups is 1. The monoisotopic (exact) mass is 551 g/mol. The number of para-hydroxylation sites is 1. The molecule has 0 aliphatic carbocycles. The number of rotatable bonds is 8. The number of halogens is 4. The van der Waals surface area contributed by atoms with Gasteiger partial charge in [0.15, 0.2) is 5.96 Å². The van der Waals surface area contributed by atoms with Crippen LogP contribution in [-0.2, 0) is 17.8 Å². The van der Waals surface area contributed by atoms with Gasteiger partial charge in [0.25, 0.3) is 0 Å². The van der Waals surface area contributed by atoms with E-state index in [9.17, 15) is 18.0 Å². The summed E-state index contributed by atoms with van der Waals surface area (Å²) in [6.07, 6.45) is -2.44. The van der Waals surface area contributed by atoms with E-state index in [2.05, 4.69) is 25.3 Å². The number of ether oxygens (including phenoxy) is 1. The number of carbonyl (C=O) groups excluding carboxylic acids is 1. The van der Waals surface area contributed by atoms with Crippen molar-refractivity contribution >= 4 is 35.8 Å². The second-order valence-electron chi connectivity index (χ2n) is 6.32. The number of carbonyl (C=O) groups is 1. The van der Waals surface area contributed by atoms with Crippen molar-refractivity contribution < 1.29 is 22.7 Å². The molecule has 0 aliphatic rings. The number of hydrogen-bond donors (Lipinski definition) is 2. The molecule has 31 heavy (non-hydrogen) atoms. The van der Waals surface area contributed by atoms with E-state index in [-0.39, 0.29) is 54.7 Å². The van der Waals surface area contributed by atoms with E-state index in [0.29, 0.717) is 18.5 Å². The van der Waals surface area contributed by atoms with Crippen molar-refractivity contribution in [3.8, 4) is 5.75 Å². The quantitative estimate of drug-likeness (QED) is 0.300. The maximum Gasteiger partial charge on any atom is 0.573 e. The van der Waals surface area contributed by atoms with Crippen molar-refractivity contribution in [1.82, 2.24) is 20.5 Å². The number of alkyl halides is 3. The first-order valence-corrected chi connectivity index (χ1v) is 9.20. The minimum absolute atomic E-state index is 0. The Morgan fingerprint density at radius 1 is 1.16 bits per heavy atom. The molecule has 170 valence electrons. The van der Waals surface area contributed by atoms with Gasteiger partial charge in [-0.2, -0.15) is 0 Å². The van der Waals surface area contributed by atoms with E-state index in [1.54, 1.807) is 24.2 Å². The third kappa shape index (κ3) is 9.85. The maximum absolute atomic E-state index is 12.5. The van der Waals surface area contributed by atoms with Gasteiger partial charge in [0, 0.05) is 51.1 Å². The Kier molecular flexibility index (Phi) is 11.1. The molecule has 7 nitrogen and oxygen atoms in total. The summed E-state index contributed by atoms with van der Waals surface area (Å²) in [6, 6.07) is 11.4. The van der Waals surface area contributed by atoms with Gasteiger partial charge in [0.1, 0.15) is 5.75 Å². The van der Waals surface area contributed by atoms with Crippen molar-refractivity contribution in [3.63, 3.8) is 0 Å². The number of nitrogens with one attached hydrogen (secondary N) is 2. The molecule has 0 atom stereocenters. The third-order valence-electron chi connectivity index (χ3n) is 4.13. The molecule has 0 fully saturated rings. The molecule has 0 saturated carbocycles. The van der Waals surface area contributed by atoms with Crippen LogP contribution < -0.4 is 15.4 Å². The van der Waals surface area contributed by atoms with Crippen LogP contribution in [0, 0.1) is 0 Å². The smallest absolute Gasteiger partial charge is 0.405 e. The molecule has 1 amide bonds. The van der Waals surface area contributed by atoms with Crippen molar-refractivity contribution in [2.24, 2.45) is 4.99 Å². The summed E-state index contributed by atoms with van der Waals surface area (Å²) in [7, 11) is 3.19. The zero-order valence-electron chi connectivity index (χ0n) is 17.1. The van der Waals surface area contributed by atoms with E-state index in [4.69, 9.17) is 0 Å². The van der Waals surface area contributed by atoms with Gasteiger partial charge in [-0.15, -0.1) is 37.1 Å². The van der Waals surface area contributed by atoms with Crippen molar-refractivity contribution in [2.45, 2.75) is 19.3 Å². The molecule has 1 aromatic heterocycles. The van der Waals surface area contributed by atoms with Crippen LogP contribution in [0.3, 0.4) is 0 Å². The highest BCUT2D eigenvalue weighted by Crippen LogP contribution is 2.25. The summed E-state index contributed by atoms with van der Waals surface area (Å²) in [5, 5.41) is 5.73. The lowest BCUT2D eigenvalue weighted by molar-refractivity contribution is -0.274. The number of hydrogen-bond acceptors (Lipinski definition) is 4. The number of likely N-dealkylation sites (N-methyl/N-ethyl adjacent to an activating group) is 1. The van der Waals surface area contributed by atoms with Crippen LogP contribution in [-0.4, -0.2) is 55.3 Å². The van der Waals surface area contributed by atoms with Crippen molar-refractivity contribution in [2.75, 3.05) is 27.2 Å². The first-order chi connectivity index (χ1) is 14.3. The Balaban J connectivity index is 0.00000480. The second kappa shape index (κ2) is 13.0. The second-order valence-corrected chi connectivity index (χ2v) is 6.32. The molecule has 0 bridgehead atoms. The third-order valence-corrected chi connectivity index (χ3v) is 4.13. The highest BCUT2D eigenvalue weighted by atomic mass is 127. The van der Waals surface area contributed by atoms with E-state index < -0.39 is 6.36 Å². The van der Waals surface area contributed by atoms with Crippen LogP contribution in [0.25, 0.3) is 0 Å². The van der Waals surface area contributed by atoms with Crippen molar-refractivity contribution in [3.05, 3.63) is 59.9 Å². The van der Waals surface area contributed by atoms with E-state index in [1.165, 1.54) is 25.2 Å². The summed E-state index contributed by atoms with van der Waals surface area (Å²) in [5.74, 6) is -0.170. The minimum atomic E-state index is -4.78. The fraction of sp³-hybridized carbons (Fsp3) is 0.350. The van der Waals surface area contributed by atoms with Gasteiger partial charge < -0.3 is 20.3 Å². The molecule has 0 aliphatic heterocycles. The lowest BCUT2D eigenvalue weighted by atomic mass is 10.2. The molecular formula is C20H25F3IN5O2. The topological polar surface area (TPSA) is 78.9 Å². The first kappa shape index (κ1) is 26.5. The van der Waals surface area contributed by atoms with Gasteiger partial charge in [0.2, 0.25) is 5.91 Å². The number of amides is 1. The molecular weight excluding hydrogens is 526 g/mol. The summed E-state index contributed by atoms with van der Waals surface area (Å²) in [4.78, 5) is 22.1. The first-order valence-electron chi connectivity index (χ1n) is 9.20. The molecule has 2 rings (SSSR count). The van der Waals surface area contributed by atoms with Gasteiger partial charge in [-0.05, 0) is 18.2 Å². The average molecular weight is 551 g/mol. The van der Waals surface area contributed by atoms with Crippen LogP contribution in [0.1, 0.15) is 11.3 Å². The molecule has 1 heterocycles. The minimum Gasteiger partial charge on any atom is -0.405 e. The van der Waals surface area contributed by atoms with Gasteiger partial charge >= 0.3 is 6.36 Å². The molecule has 0 spiro atoms. The normalized spacial score (nSPS) is 11.3. The summed E-state index contributed by atoms with van der Waals surface area (Å²) >= 11 is 0. The Morgan fingerprint density at radius 3 is 2.52 bits per heavy atom. The summed E-state index contributed by atoms with van der Waals surface area (Å²) in [5.41, 5.74) is 1.19. The van der Waals surface area contributed by atoms with Gasteiger partial charge in [-0.25, -0.2) is 0 Å². The molecule has 2 aromatic rings. The molecule has 0 saturated heterocycles. The Morgan fingerprint density at radius 2 is 1.87 bits per heavy atom. The number of pyridine rings is 1. The van der Waals surface area contributed by atoms with Crippen LogP contribution in [0.2, 0.25) is 0 Å². The van der Waals surface area contributed by atoms with E-state index >= 15 is 0 Å². The predicted octanol–water partition coefficient (Wildman–Crippen LogP) is 2.96. The fourth-order valence-electron chi connectivity index (χ4n) is 2.52. The van der Waals surface area contributed by atoms with Gasteiger partial charge in [-0.1, -0.05) is 24.3 Å². The van der Waals surface area contributed by atoms with Gasteiger partial charge in [0.05, 0.1) is 6.54 Å². The number of nitrogens with zero attached hydrogens (tertiary/aromatic N) is 3. The highest BCUT2D eigenvalue weighted by Gasteiger charge is 2.31. The molecule has 2 N–H and O–H groups in total. The van der Waals surface area contributed by atoms with Gasteiger partial charge in [-0.3, -0.25) is 14.8 Å². The SMILES string of the molecule is CN=C(NCC(=O)N(C)CCc1ccccn1)NCc1ccccc1OC(F)(F)F.I. The standard InChI is InChI=1S/C20H24F3N5O2.HI/c1-24-19(26-13-15-7-3-4-9-17(15)30-20(21,22)23)27-14-18(29)28(2)12-10-16-8-5-6-11-25-16;/h3-9,11H,10,12-14H2,1-2H3,(H2,24,26,27);1H. The van der Waals surface area contributed by atoms with E-state index in [0.717, 1.165) is 5.69 Å². The fourth-order valence-corrected chi connectivity index (χ4v) is 2.52. The predicted molar refractivity (Wildman–Crippen MR) is 122 cm³/mol. The summed E-state index contributed by atoms with van der Waals surface area (Å²) in [6.45, 7) is 0.528. The lowest BCUT2D eigenvalue weighted by Gasteiger charge is -2.19. The van der Waals surface area contributed by atoms with Crippen LogP contribution in [0.4, 0.5) is 13.2 Å². The average Bonchev–Trinajstić information content (AvgIpc) is 2.72. The number of aromatic nitrogens is 1. The maximum atomic E-state index is 12.5. The summed E-state index contributed by atoms with van der Waals surface area (Å²) < 4.78 is 41.6. The zero-order valence-corrected chi connectivity index (χ0v) is 19.5. The van der Waals surface area contributed by atoms with Crippen molar-refractivity contribution in [1.29, 1.82) is 0 Å². The van der Waals surface area contributed by atoms with E-state index in [1.807, 2.05) is 18.2 Å². The zero-order chi connectivity index (χ0) is 22.0. The lowest BCUT2D eigenvalue weighted by Crippen LogP contribution is -2.43. The molecule has 1 aromatic carbocycles. The number of aliphatic imine (C=N–C) groups is 1. The number of benzene rings is 1. The Bertz CT molecular complexity index is 850.